The standard InChI is InChI=1S/C9H12/c1-2-8-5-7-3-4-9(8)6-7/h2-4,7-9H,1,5-6H2/t7-,8?,9?/m0/s1. The largest absolute Gasteiger partial charge is 0.103 e. The molecule has 0 aromatic heterocycles. The summed E-state index contributed by atoms with van der Waals surface area (Å²) < 4.78 is 0. The van der Waals surface area contributed by atoms with E-state index in [0.717, 1.165) is 17.8 Å². The fraction of sp³-hybridized carbons (Fsp3) is 0.556. The molecule has 2 unspecified atom stereocenters. The Morgan fingerprint density at radius 2 is 2.22 bits per heavy atom. The first kappa shape index (κ1) is 5.28. The van der Waals surface area contributed by atoms with Crippen LogP contribution in [0.15, 0.2) is 24.8 Å². The lowest BCUT2D eigenvalue weighted by Crippen LogP contribution is -2.01. The van der Waals surface area contributed by atoms with E-state index in [1.807, 2.05) is 0 Å². The highest BCUT2D eigenvalue weighted by atomic mass is 14.4. The zero-order valence-corrected chi connectivity index (χ0v) is 5.59. The molecule has 2 aliphatic carbocycles. The highest BCUT2D eigenvalue weighted by Gasteiger charge is 2.33. The molecule has 1 saturated carbocycles. The molecular formula is C9H12. The SMILES string of the molecule is C=CC1C[C@@H]2C=CC1C2. The minimum Gasteiger partial charge on any atom is -0.103 e. The van der Waals surface area contributed by atoms with Crippen LogP contribution in [0.3, 0.4) is 0 Å². The van der Waals surface area contributed by atoms with Gasteiger partial charge in [0, 0.05) is 0 Å². The van der Waals surface area contributed by atoms with E-state index in [1.54, 1.807) is 0 Å². The first-order valence-corrected chi connectivity index (χ1v) is 3.71. The molecule has 0 radical (unpaired) electrons. The van der Waals surface area contributed by atoms with Gasteiger partial charge in [0.2, 0.25) is 0 Å². The Morgan fingerprint density at radius 1 is 1.33 bits per heavy atom. The monoisotopic (exact) mass is 120 g/mol. The topological polar surface area (TPSA) is 0 Å². The lowest BCUT2D eigenvalue weighted by atomic mass is 9.94. The van der Waals surface area contributed by atoms with Gasteiger partial charge in [-0.25, -0.2) is 0 Å². The second-order valence-corrected chi connectivity index (χ2v) is 3.18. The molecule has 0 nitrogen and oxygen atoms in total. The highest BCUT2D eigenvalue weighted by molar-refractivity contribution is 5.13. The van der Waals surface area contributed by atoms with Crippen LogP contribution in [-0.2, 0) is 0 Å². The summed E-state index contributed by atoms with van der Waals surface area (Å²) in [5.41, 5.74) is 0. The van der Waals surface area contributed by atoms with E-state index >= 15 is 0 Å². The molecule has 9 heavy (non-hydrogen) atoms. The van der Waals surface area contributed by atoms with Crippen molar-refractivity contribution in [3.8, 4) is 0 Å². The number of rotatable bonds is 1. The van der Waals surface area contributed by atoms with Crippen molar-refractivity contribution in [3.63, 3.8) is 0 Å². The van der Waals surface area contributed by atoms with E-state index in [0.29, 0.717) is 0 Å². The molecule has 0 aromatic rings. The molecule has 2 rings (SSSR count). The van der Waals surface area contributed by atoms with Crippen LogP contribution in [-0.4, -0.2) is 0 Å². The maximum atomic E-state index is 3.83. The second kappa shape index (κ2) is 1.73. The summed E-state index contributed by atoms with van der Waals surface area (Å²) in [5, 5.41) is 0. The fourth-order valence-electron chi connectivity index (χ4n) is 2.09. The predicted octanol–water partition coefficient (Wildman–Crippen LogP) is 2.38. The van der Waals surface area contributed by atoms with Gasteiger partial charge in [0.25, 0.3) is 0 Å². The maximum Gasteiger partial charge on any atom is -0.0165 e. The van der Waals surface area contributed by atoms with Crippen LogP contribution in [0.5, 0.6) is 0 Å². The van der Waals surface area contributed by atoms with Crippen LogP contribution in [0.1, 0.15) is 12.8 Å². The third-order valence-electron chi connectivity index (χ3n) is 2.63. The van der Waals surface area contributed by atoms with Gasteiger partial charge < -0.3 is 0 Å². The van der Waals surface area contributed by atoms with Gasteiger partial charge in [0.15, 0.2) is 0 Å². The van der Waals surface area contributed by atoms with Crippen LogP contribution in [0.25, 0.3) is 0 Å². The molecule has 0 aliphatic heterocycles. The molecule has 0 aromatic carbocycles. The van der Waals surface area contributed by atoms with Gasteiger partial charge in [-0.1, -0.05) is 18.2 Å². The van der Waals surface area contributed by atoms with Gasteiger partial charge in [0.1, 0.15) is 0 Å². The van der Waals surface area contributed by atoms with Gasteiger partial charge in [-0.15, -0.1) is 6.58 Å². The van der Waals surface area contributed by atoms with Crippen LogP contribution in [0.2, 0.25) is 0 Å². The van der Waals surface area contributed by atoms with Crippen LogP contribution in [0.4, 0.5) is 0 Å². The molecule has 0 saturated heterocycles. The Morgan fingerprint density at radius 3 is 2.56 bits per heavy atom. The molecule has 2 aliphatic rings. The minimum absolute atomic E-state index is 0.806. The normalized spacial score (nSPS) is 46.0. The van der Waals surface area contributed by atoms with E-state index in [-0.39, 0.29) is 0 Å². The first-order valence-electron chi connectivity index (χ1n) is 3.71. The van der Waals surface area contributed by atoms with Crippen molar-refractivity contribution in [2.45, 2.75) is 12.8 Å². The molecule has 2 bridgehead atoms. The van der Waals surface area contributed by atoms with Crippen molar-refractivity contribution < 1.29 is 0 Å². The smallest absolute Gasteiger partial charge is 0.0165 e. The highest BCUT2D eigenvalue weighted by Crippen LogP contribution is 2.43. The lowest BCUT2D eigenvalue weighted by Gasteiger charge is -2.11. The van der Waals surface area contributed by atoms with E-state index in [2.05, 4.69) is 24.8 Å². The Bertz CT molecular complexity index is 155. The summed E-state index contributed by atoms with van der Waals surface area (Å²) in [7, 11) is 0. The van der Waals surface area contributed by atoms with E-state index in [1.165, 1.54) is 12.8 Å². The summed E-state index contributed by atoms with van der Waals surface area (Å²) in [4.78, 5) is 0. The van der Waals surface area contributed by atoms with Crippen molar-refractivity contribution in [1.82, 2.24) is 0 Å². The molecule has 0 amide bonds. The molecule has 3 atom stereocenters. The van der Waals surface area contributed by atoms with Crippen LogP contribution >= 0.6 is 0 Å². The Hall–Kier alpha value is -0.520. The molecule has 48 valence electrons. The summed E-state index contributed by atoms with van der Waals surface area (Å²) in [6, 6.07) is 0. The summed E-state index contributed by atoms with van der Waals surface area (Å²) in [5.74, 6) is 2.56. The van der Waals surface area contributed by atoms with Crippen molar-refractivity contribution in [2.75, 3.05) is 0 Å². The third kappa shape index (κ3) is 0.658. The van der Waals surface area contributed by atoms with Crippen LogP contribution in [0, 0.1) is 17.8 Å². The quantitative estimate of drug-likeness (QED) is 0.466. The molecule has 0 heterocycles. The van der Waals surface area contributed by atoms with Crippen molar-refractivity contribution in [3.05, 3.63) is 24.8 Å². The molecule has 0 spiro atoms. The maximum absolute atomic E-state index is 3.83. The molecule has 1 fully saturated rings. The lowest BCUT2D eigenvalue weighted by molar-refractivity contribution is 0.551. The zero-order valence-electron chi connectivity index (χ0n) is 5.59. The summed E-state index contributed by atoms with van der Waals surface area (Å²) in [6.07, 6.45) is 9.61. The van der Waals surface area contributed by atoms with E-state index in [9.17, 15) is 0 Å². The third-order valence-corrected chi connectivity index (χ3v) is 2.63. The molecule has 0 heteroatoms. The fourth-order valence-corrected chi connectivity index (χ4v) is 2.09. The summed E-state index contributed by atoms with van der Waals surface area (Å²) in [6.45, 7) is 3.83. The minimum atomic E-state index is 0.806. The van der Waals surface area contributed by atoms with Gasteiger partial charge in [-0.2, -0.15) is 0 Å². The van der Waals surface area contributed by atoms with E-state index < -0.39 is 0 Å². The van der Waals surface area contributed by atoms with Gasteiger partial charge in [0.05, 0.1) is 0 Å². The zero-order chi connectivity index (χ0) is 6.27. The first-order chi connectivity index (χ1) is 4.40. The van der Waals surface area contributed by atoms with Gasteiger partial charge in [-0.05, 0) is 30.6 Å². The average Bonchev–Trinajstić information content (AvgIpc) is 2.45. The second-order valence-electron chi connectivity index (χ2n) is 3.18. The number of hydrogen-bond acceptors (Lipinski definition) is 0. The van der Waals surface area contributed by atoms with Gasteiger partial charge >= 0.3 is 0 Å². The molecular weight excluding hydrogens is 108 g/mol. The Balaban J connectivity index is 2.19. The van der Waals surface area contributed by atoms with Crippen LogP contribution < -0.4 is 0 Å². The predicted molar refractivity (Wildman–Crippen MR) is 39.0 cm³/mol. The average molecular weight is 120 g/mol. The number of allylic oxidation sites excluding steroid dienone is 3. The number of hydrogen-bond donors (Lipinski definition) is 0. The van der Waals surface area contributed by atoms with Gasteiger partial charge in [-0.3, -0.25) is 0 Å². The van der Waals surface area contributed by atoms with Crippen molar-refractivity contribution >= 4 is 0 Å². The number of fused-ring (bicyclic) bond motifs is 2. The Kier molecular flexibility index (Phi) is 1.01. The Labute approximate surface area is 56.3 Å². The molecule has 0 N–H and O–H groups in total. The summed E-state index contributed by atoms with van der Waals surface area (Å²) >= 11 is 0. The van der Waals surface area contributed by atoms with Crippen molar-refractivity contribution in [1.29, 1.82) is 0 Å². The van der Waals surface area contributed by atoms with E-state index in [4.69, 9.17) is 0 Å². The van der Waals surface area contributed by atoms with Crippen molar-refractivity contribution in [2.24, 2.45) is 17.8 Å².